The van der Waals surface area contributed by atoms with Crippen molar-refractivity contribution >= 4 is 0 Å². The fourth-order valence-corrected chi connectivity index (χ4v) is 3.42. The fraction of sp³-hybridized carbons (Fsp3) is 0.647. The van der Waals surface area contributed by atoms with Crippen LogP contribution in [0.3, 0.4) is 0 Å². The fourth-order valence-electron chi connectivity index (χ4n) is 3.42. The summed E-state index contributed by atoms with van der Waals surface area (Å²) >= 11 is 0. The van der Waals surface area contributed by atoms with Gasteiger partial charge in [-0.15, -0.1) is 0 Å². The van der Waals surface area contributed by atoms with Gasteiger partial charge in [0.15, 0.2) is 0 Å². The van der Waals surface area contributed by atoms with Gasteiger partial charge in [0.25, 0.3) is 0 Å². The summed E-state index contributed by atoms with van der Waals surface area (Å²) in [6.07, 6.45) is 6.06. The molecule has 4 nitrogen and oxygen atoms in total. The van der Waals surface area contributed by atoms with E-state index in [1.807, 2.05) is 0 Å². The second-order valence-corrected chi connectivity index (χ2v) is 5.84. The predicted octanol–water partition coefficient (Wildman–Crippen LogP) is 3.01. The standard InChI is InChI=1S/C17H27NO3/c1-19-11-14-15(20-2)9-13(10-16(14)21-3)17(12-18)7-5-4-6-8-17/h9-10H,4-8,11-12,18H2,1-3H3. The molecule has 0 aromatic heterocycles. The van der Waals surface area contributed by atoms with Gasteiger partial charge in [0.05, 0.1) is 26.4 Å². The molecule has 1 saturated carbocycles. The lowest BCUT2D eigenvalue weighted by Gasteiger charge is -2.37. The van der Waals surface area contributed by atoms with E-state index in [0.717, 1.165) is 29.9 Å². The van der Waals surface area contributed by atoms with Gasteiger partial charge in [-0.2, -0.15) is 0 Å². The highest BCUT2D eigenvalue weighted by Gasteiger charge is 2.34. The van der Waals surface area contributed by atoms with E-state index in [9.17, 15) is 0 Å². The Labute approximate surface area is 127 Å². The van der Waals surface area contributed by atoms with E-state index in [2.05, 4.69) is 12.1 Å². The summed E-state index contributed by atoms with van der Waals surface area (Å²) < 4.78 is 16.4. The first-order valence-corrected chi connectivity index (χ1v) is 7.65. The molecule has 1 fully saturated rings. The first-order chi connectivity index (χ1) is 10.2. The van der Waals surface area contributed by atoms with Crippen molar-refractivity contribution in [2.24, 2.45) is 5.73 Å². The predicted molar refractivity (Wildman–Crippen MR) is 84.1 cm³/mol. The molecule has 0 spiro atoms. The molecule has 2 N–H and O–H groups in total. The van der Waals surface area contributed by atoms with Crippen molar-refractivity contribution in [1.82, 2.24) is 0 Å². The van der Waals surface area contributed by atoms with Crippen LogP contribution in [0.1, 0.15) is 43.2 Å². The third-order valence-electron chi connectivity index (χ3n) is 4.71. The molecule has 2 rings (SSSR count). The highest BCUT2D eigenvalue weighted by molar-refractivity contribution is 5.50. The Morgan fingerprint density at radius 2 is 1.57 bits per heavy atom. The molecular weight excluding hydrogens is 266 g/mol. The van der Waals surface area contributed by atoms with E-state index < -0.39 is 0 Å². The lowest BCUT2D eigenvalue weighted by Crippen LogP contribution is -2.37. The van der Waals surface area contributed by atoms with Crippen LogP contribution in [-0.2, 0) is 16.8 Å². The molecule has 0 amide bonds. The first-order valence-electron chi connectivity index (χ1n) is 7.65. The van der Waals surface area contributed by atoms with Crippen molar-refractivity contribution in [2.45, 2.75) is 44.1 Å². The van der Waals surface area contributed by atoms with E-state index in [0.29, 0.717) is 13.2 Å². The van der Waals surface area contributed by atoms with Crippen molar-refractivity contribution in [3.63, 3.8) is 0 Å². The van der Waals surface area contributed by atoms with E-state index in [1.165, 1.54) is 24.8 Å². The van der Waals surface area contributed by atoms with E-state index >= 15 is 0 Å². The first kappa shape index (κ1) is 16.1. The van der Waals surface area contributed by atoms with Crippen LogP contribution in [0.2, 0.25) is 0 Å². The number of hydrogen-bond acceptors (Lipinski definition) is 4. The highest BCUT2D eigenvalue weighted by Crippen LogP contribution is 2.43. The molecule has 0 unspecified atom stereocenters. The molecular formula is C17H27NO3. The monoisotopic (exact) mass is 293 g/mol. The summed E-state index contributed by atoms with van der Waals surface area (Å²) in [6.45, 7) is 1.14. The number of nitrogens with two attached hydrogens (primary N) is 1. The maximum atomic E-state index is 6.14. The second kappa shape index (κ2) is 7.14. The van der Waals surface area contributed by atoms with Crippen LogP contribution in [-0.4, -0.2) is 27.9 Å². The molecule has 1 aliphatic rings. The van der Waals surface area contributed by atoms with E-state index in [1.54, 1.807) is 21.3 Å². The topological polar surface area (TPSA) is 53.7 Å². The normalized spacial score (nSPS) is 17.5. The van der Waals surface area contributed by atoms with Crippen molar-refractivity contribution in [1.29, 1.82) is 0 Å². The molecule has 1 aromatic rings. The zero-order valence-electron chi connectivity index (χ0n) is 13.4. The summed E-state index contributed by atoms with van der Waals surface area (Å²) in [5.74, 6) is 1.65. The number of methoxy groups -OCH3 is 3. The Balaban J connectivity index is 2.48. The molecule has 0 heterocycles. The minimum absolute atomic E-state index is 0.0599. The van der Waals surface area contributed by atoms with Crippen LogP contribution in [0.25, 0.3) is 0 Å². The number of hydrogen-bond donors (Lipinski definition) is 1. The molecule has 118 valence electrons. The Kier molecular flexibility index (Phi) is 5.48. The highest BCUT2D eigenvalue weighted by atomic mass is 16.5. The van der Waals surface area contributed by atoms with Gasteiger partial charge in [0, 0.05) is 19.1 Å². The van der Waals surface area contributed by atoms with Crippen LogP contribution in [0, 0.1) is 0 Å². The maximum absolute atomic E-state index is 6.14. The molecule has 0 atom stereocenters. The Morgan fingerprint density at radius 1 is 1.00 bits per heavy atom. The van der Waals surface area contributed by atoms with Gasteiger partial charge >= 0.3 is 0 Å². The van der Waals surface area contributed by atoms with Gasteiger partial charge < -0.3 is 19.9 Å². The average molecular weight is 293 g/mol. The van der Waals surface area contributed by atoms with Crippen LogP contribution in [0.5, 0.6) is 11.5 Å². The van der Waals surface area contributed by atoms with Gasteiger partial charge in [-0.3, -0.25) is 0 Å². The largest absolute Gasteiger partial charge is 0.496 e. The lowest BCUT2D eigenvalue weighted by molar-refractivity contribution is 0.178. The SMILES string of the molecule is COCc1c(OC)cc(C2(CN)CCCCC2)cc1OC. The van der Waals surface area contributed by atoms with Crippen LogP contribution in [0.15, 0.2) is 12.1 Å². The summed E-state index contributed by atoms with van der Waals surface area (Å²) in [4.78, 5) is 0. The van der Waals surface area contributed by atoms with Gasteiger partial charge in [-0.25, -0.2) is 0 Å². The molecule has 0 radical (unpaired) electrons. The van der Waals surface area contributed by atoms with Crippen molar-refractivity contribution in [3.8, 4) is 11.5 Å². The molecule has 0 bridgehead atoms. The maximum Gasteiger partial charge on any atom is 0.128 e. The van der Waals surface area contributed by atoms with Crippen molar-refractivity contribution in [2.75, 3.05) is 27.9 Å². The Bertz CT molecular complexity index is 442. The third kappa shape index (κ3) is 3.16. The molecule has 0 aliphatic heterocycles. The van der Waals surface area contributed by atoms with E-state index in [4.69, 9.17) is 19.9 Å². The molecule has 4 heteroatoms. The smallest absolute Gasteiger partial charge is 0.128 e. The Hall–Kier alpha value is -1.26. The average Bonchev–Trinajstić information content (AvgIpc) is 2.55. The Morgan fingerprint density at radius 3 is 2.00 bits per heavy atom. The van der Waals surface area contributed by atoms with Crippen LogP contribution >= 0.6 is 0 Å². The number of rotatable bonds is 6. The minimum Gasteiger partial charge on any atom is -0.496 e. The summed E-state index contributed by atoms with van der Waals surface area (Å²) in [5.41, 5.74) is 8.39. The zero-order valence-corrected chi connectivity index (χ0v) is 13.4. The summed E-state index contributed by atoms with van der Waals surface area (Å²) in [6, 6.07) is 4.24. The van der Waals surface area contributed by atoms with Gasteiger partial charge in [0.2, 0.25) is 0 Å². The summed E-state index contributed by atoms with van der Waals surface area (Å²) in [5, 5.41) is 0. The molecule has 1 aromatic carbocycles. The number of benzene rings is 1. The minimum atomic E-state index is 0.0599. The number of ether oxygens (including phenoxy) is 3. The molecule has 0 saturated heterocycles. The van der Waals surface area contributed by atoms with Crippen molar-refractivity contribution in [3.05, 3.63) is 23.3 Å². The zero-order chi connectivity index (χ0) is 15.3. The lowest BCUT2D eigenvalue weighted by atomic mass is 9.69. The quantitative estimate of drug-likeness (QED) is 0.876. The second-order valence-electron chi connectivity index (χ2n) is 5.84. The van der Waals surface area contributed by atoms with Crippen LogP contribution in [0.4, 0.5) is 0 Å². The third-order valence-corrected chi connectivity index (χ3v) is 4.71. The van der Waals surface area contributed by atoms with Gasteiger partial charge in [0.1, 0.15) is 11.5 Å². The van der Waals surface area contributed by atoms with Crippen LogP contribution < -0.4 is 15.2 Å². The van der Waals surface area contributed by atoms with Crippen molar-refractivity contribution < 1.29 is 14.2 Å². The summed E-state index contributed by atoms with van der Waals surface area (Å²) in [7, 11) is 5.05. The van der Waals surface area contributed by atoms with E-state index in [-0.39, 0.29) is 5.41 Å². The van der Waals surface area contributed by atoms with Gasteiger partial charge in [-0.1, -0.05) is 19.3 Å². The molecule has 21 heavy (non-hydrogen) atoms. The van der Waals surface area contributed by atoms with Gasteiger partial charge in [-0.05, 0) is 30.5 Å². The molecule has 1 aliphatic carbocycles.